The van der Waals surface area contributed by atoms with Crippen molar-refractivity contribution in [3.63, 3.8) is 0 Å². The summed E-state index contributed by atoms with van der Waals surface area (Å²) >= 11 is 0. The molecule has 0 unspecified atom stereocenters. The average molecular weight is 427 g/mol. The Kier molecular flexibility index (Phi) is 8.22. The number of aliphatic hydroxyl groups excluding tert-OH is 1. The summed E-state index contributed by atoms with van der Waals surface area (Å²) in [4.78, 5) is 4.94. The van der Waals surface area contributed by atoms with E-state index < -0.39 is 0 Å². The van der Waals surface area contributed by atoms with Crippen LogP contribution in [-0.2, 0) is 12.0 Å². The average Bonchev–Trinajstić information content (AvgIpc) is 2.78. The van der Waals surface area contributed by atoms with E-state index in [2.05, 4.69) is 54.8 Å². The molecule has 2 aromatic carbocycles. The van der Waals surface area contributed by atoms with E-state index in [1.54, 1.807) is 7.11 Å². The van der Waals surface area contributed by atoms with Gasteiger partial charge in [-0.15, -0.1) is 0 Å². The molecule has 5 heteroatoms. The topological polar surface area (TPSA) is 45.2 Å². The Morgan fingerprint density at radius 3 is 2.35 bits per heavy atom. The summed E-state index contributed by atoms with van der Waals surface area (Å²) < 4.78 is 11.5. The maximum atomic E-state index is 9.72. The maximum absolute atomic E-state index is 9.72. The van der Waals surface area contributed by atoms with Crippen LogP contribution >= 0.6 is 0 Å². The number of para-hydroxylation sites is 2. The monoisotopic (exact) mass is 426 g/mol. The molecule has 3 rings (SSSR count). The molecule has 1 saturated heterocycles. The molecule has 0 spiro atoms. The van der Waals surface area contributed by atoms with E-state index in [9.17, 15) is 5.11 Å². The number of hydrogen-bond acceptors (Lipinski definition) is 5. The second kappa shape index (κ2) is 10.9. The number of benzene rings is 2. The minimum Gasteiger partial charge on any atom is -0.495 e. The van der Waals surface area contributed by atoms with Crippen molar-refractivity contribution in [3.8, 4) is 11.5 Å². The van der Waals surface area contributed by atoms with Gasteiger partial charge in [-0.2, -0.15) is 0 Å². The van der Waals surface area contributed by atoms with E-state index in [1.807, 2.05) is 18.2 Å². The van der Waals surface area contributed by atoms with Crippen LogP contribution in [0, 0.1) is 0 Å². The summed E-state index contributed by atoms with van der Waals surface area (Å²) in [7, 11) is 1.74. The number of rotatable bonds is 9. The van der Waals surface area contributed by atoms with Crippen LogP contribution in [0.4, 0.5) is 5.69 Å². The zero-order chi connectivity index (χ0) is 22.3. The quantitative estimate of drug-likeness (QED) is 0.600. The number of unbranched alkanes of at least 4 members (excludes halogenated alkanes) is 1. The van der Waals surface area contributed by atoms with E-state index in [4.69, 9.17) is 9.47 Å². The molecule has 0 aliphatic carbocycles. The van der Waals surface area contributed by atoms with E-state index in [0.29, 0.717) is 6.61 Å². The van der Waals surface area contributed by atoms with Gasteiger partial charge in [0.25, 0.3) is 0 Å². The van der Waals surface area contributed by atoms with Crippen molar-refractivity contribution in [1.82, 2.24) is 4.90 Å². The maximum Gasteiger partial charge on any atom is 0.142 e. The first-order valence-corrected chi connectivity index (χ1v) is 11.4. The van der Waals surface area contributed by atoms with E-state index >= 15 is 0 Å². The highest BCUT2D eigenvalue weighted by Crippen LogP contribution is 2.29. The first-order valence-electron chi connectivity index (χ1n) is 11.4. The zero-order valence-corrected chi connectivity index (χ0v) is 19.6. The first kappa shape index (κ1) is 23.4. The molecule has 5 nitrogen and oxygen atoms in total. The summed E-state index contributed by atoms with van der Waals surface area (Å²) in [5, 5.41) is 9.72. The minimum atomic E-state index is 0.00965. The highest BCUT2D eigenvalue weighted by Gasteiger charge is 2.19. The third-order valence-corrected chi connectivity index (χ3v) is 6.02. The lowest BCUT2D eigenvalue weighted by molar-refractivity contribution is 0.233. The SMILES string of the molecule is COc1ccccc1N1CCN(CCCCOc2ccc(C(C)(C)C)cc2CO)CC1. The number of piperazine rings is 1. The fraction of sp³-hybridized carbons (Fsp3) is 0.538. The lowest BCUT2D eigenvalue weighted by Crippen LogP contribution is -2.46. The highest BCUT2D eigenvalue weighted by molar-refractivity contribution is 5.58. The molecule has 0 amide bonds. The van der Waals surface area contributed by atoms with Crippen LogP contribution in [0.15, 0.2) is 42.5 Å². The second-order valence-corrected chi connectivity index (χ2v) is 9.29. The van der Waals surface area contributed by atoms with Crippen LogP contribution < -0.4 is 14.4 Å². The number of ether oxygens (including phenoxy) is 2. The van der Waals surface area contributed by atoms with E-state index in [0.717, 1.165) is 62.6 Å². The fourth-order valence-corrected chi connectivity index (χ4v) is 4.03. The Labute approximate surface area is 187 Å². The molecular formula is C26H38N2O3. The Bertz CT molecular complexity index is 824. The number of methoxy groups -OCH3 is 1. The molecule has 0 aromatic heterocycles. The highest BCUT2D eigenvalue weighted by atomic mass is 16.5. The van der Waals surface area contributed by atoms with Gasteiger partial charge >= 0.3 is 0 Å². The normalized spacial score (nSPS) is 15.2. The van der Waals surface area contributed by atoms with Crippen LogP contribution in [0.25, 0.3) is 0 Å². The van der Waals surface area contributed by atoms with Crippen LogP contribution in [0.3, 0.4) is 0 Å². The van der Waals surface area contributed by atoms with Gasteiger partial charge in [-0.25, -0.2) is 0 Å². The van der Waals surface area contributed by atoms with Crippen molar-refractivity contribution >= 4 is 5.69 Å². The van der Waals surface area contributed by atoms with Crippen LogP contribution in [-0.4, -0.2) is 56.4 Å². The van der Waals surface area contributed by atoms with Gasteiger partial charge in [0.1, 0.15) is 11.5 Å². The van der Waals surface area contributed by atoms with Crippen LogP contribution in [0.2, 0.25) is 0 Å². The Balaban J connectivity index is 1.38. The predicted molar refractivity (Wildman–Crippen MR) is 127 cm³/mol. The molecular weight excluding hydrogens is 388 g/mol. The second-order valence-electron chi connectivity index (χ2n) is 9.29. The molecule has 0 saturated carbocycles. The number of aliphatic hydroxyl groups is 1. The van der Waals surface area contributed by atoms with Gasteiger partial charge in [0.05, 0.1) is 26.0 Å². The molecule has 1 aliphatic heterocycles. The lowest BCUT2D eigenvalue weighted by Gasteiger charge is -2.36. The van der Waals surface area contributed by atoms with Gasteiger partial charge in [0.2, 0.25) is 0 Å². The predicted octanol–water partition coefficient (Wildman–Crippen LogP) is 4.47. The largest absolute Gasteiger partial charge is 0.495 e. The Hall–Kier alpha value is -2.24. The number of nitrogens with zero attached hydrogens (tertiary/aromatic N) is 2. The van der Waals surface area contributed by atoms with Gasteiger partial charge in [-0.05, 0) is 54.6 Å². The Morgan fingerprint density at radius 2 is 1.68 bits per heavy atom. The van der Waals surface area contributed by atoms with Gasteiger partial charge in [-0.3, -0.25) is 4.90 Å². The van der Waals surface area contributed by atoms with Crippen molar-refractivity contribution in [1.29, 1.82) is 0 Å². The summed E-state index contributed by atoms with van der Waals surface area (Å²) in [6.45, 7) is 12.5. The number of hydrogen-bond donors (Lipinski definition) is 1. The Morgan fingerprint density at radius 1 is 0.935 bits per heavy atom. The molecule has 0 bridgehead atoms. The molecule has 31 heavy (non-hydrogen) atoms. The number of anilines is 1. The van der Waals surface area contributed by atoms with Crippen LogP contribution in [0.1, 0.15) is 44.7 Å². The smallest absolute Gasteiger partial charge is 0.142 e. The van der Waals surface area contributed by atoms with E-state index in [-0.39, 0.29) is 12.0 Å². The van der Waals surface area contributed by atoms with Crippen molar-refractivity contribution in [3.05, 3.63) is 53.6 Å². The molecule has 170 valence electrons. The minimum absolute atomic E-state index is 0.00965. The molecule has 1 heterocycles. The van der Waals surface area contributed by atoms with Gasteiger partial charge in [0, 0.05) is 31.7 Å². The zero-order valence-electron chi connectivity index (χ0n) is 19.6. The summed E-state index contributed by atoms with van der Waals surface area (Å²) in [5.74, 6) is 1.76. The molecule has 0 radical (unpaired) electrons. The molecule has 1 N–H and O–H groups in total. The van der Waals surface area contributed by atoms with Crippen molar-refractivity contribution < 1.29 is 14.6 Å². The third-order valence-electron chi connectivity index (χ3n) is 6.02. The summed E-state index contributed by atoms with van der Waals surface area (Å²) in [5.41, 5.74) is 3.35. The fourth-order valence-electron chi connectivity index (χ4n) is 4.03. The molecule has 1 fully saturated rings. The van der Waals surface area contributed by atoms with Crippen molar-refractivity contribution in [2.24, 2.45) is 0 Å². The van der Waals surface area contributed by atoms with Gasteiger partial charge in [-0.1, -0.05) is 39.0 Å². The summed E-state index contributed by atoms with van der Waals surface area (Å²) in [6, 6.07) is 14.4. The lowest BCUT2D eigenvalue weighted by atomic mass is 9.86. The third kappa shape index (κ3) is 6.37. The van der Waals surface area contributed by atoms with Gasteiger partial charge < -0.3 is 19.5 Å². The summed E-state index contributed by atoms with van der Waals surface area (Å²) in [6.07, 6.45) is 2.13. The van der Waals surface area contributed by atoms with E-state index in [1.165, 1.54) is 11.3 Å². The molecule has 2 aromatic rings. The molecule has 1 aliphatic rings. The van der Waals surface area contributed by atoms with Crippen molar-refractivity contribution in [2.45, 2.75) is 45.6 Å². The first-order chi connectivity index (χ1) is 14.9. The standard InChI is InChI=1S/C26H38N2O3/c1-26(2,3)22-11-12-24(21(19-22)20-29)31-18-8-7-13-27-14-16-28(17-15-27)23-9-5-6-10-25(23)30-4/h5-6,9-12,19,29H,7-8,13-18,20H2,1-4H3. The van der Waals surface area contributed by atoms with Gasteiger partial charge in [0.15, 0.2) is 0 Å². The van der Waals surface area contributed by atoms with Crippen molar-refractivity contribution in [2.75, 3.05) is 51.3 Å². The molecule has 0 atom stereocenters. The van der Waals surface area contributed by atoms with Crippen LogP contribution in [0.5, 0.6) is 11.5 Å².